The molecule has 1 unspecified atom stereocenters. The third-order valence-corrected chi connectivity index (χ3v) is 4.18. The van der Waals surface area contributed by atoms with Crippen molar-refractivity contribution in [1.29, 1.82) is 0 Å². The number of anilines is 1. The van der Waals surface area contributed by atoms with Crippen LogP contribution in [0.3, 0.4) is 0 Å². The summed E-state index contributed by atoms with van der Waals surface area (Å²) in [5.41, 5.74) is 1.07. The van der Waals surface area contributed by atoms with E-state index in [0.717, 1.165) is 16.5 Å². The molecule has 0 aliphatic carbocycles. The summed E-state index contributed by atoms with van der Waals surface area (Å²) in [5, 5.41) is 1.93. The van der Waals surface area contributed by atoms with Crippen LogP contribution >= 0.6 is 10.7 Å². The van der Waals surface area contributed by atoms with Gasteiger partial charge in [-0.15, -0.1) is 0 Å². The summed E-state index contributed by atoms with van der Waals surface area (Å²) in [5.74, 6) is 3.54. The van der Waals surface area contributed by atoms with E-state index in [0.29, 0.717) is 4.90 Å². The molecule has 17 heavy (non-hydrogen) atoms. The molecule has 0 amide bonds. The van der Waals surface area contributed by atoms with Crippen molar-refractivity contribution < 1.29 is 4.21 Å². The van der Waals surface area contributed by atoms with Gasteiger partial charge in [-0.25, -0.2) is 4.21 Å². The molecule has 0 N–H and O–H groups in total. The molecule has 2 rings (SSSR count). The van der Waals surface area contributed by atoms with Crippen molar-refractivity contribution >= 4 is 41.7 Å². The van der Waals surface area contributed by atoms with E-state index in [1.165, 1.54) is 0 Å². The van der Waals surface area contributed by atoms with E-state index in [1.807, 2.05) is 49.3 Å². The van der Waals surface area contributed by atoms with Crippen LogP contribution in [0.5, 0.6) is 0 Å². The molecule has 0 aromatic heterocycles. The van der Waals surface area contributed by atoms with Crippen molar-refractivity contribution in [2.75, 3.05) is 19.0 Å². The van der Waals surface area contributed by atoms with E-state index in [-0.39, 0.29) is 0 Å². The minimum Gasteiger partial charge on any atom is -0.377 e. The molecule has 0 spiro atoms. The second-order valence-electron chi connectivity index (χ2n) is 4.12. The molecule has 0 fully saturated rings. The third kappa shape index (κ3) is 2.26. The van der Waals surface area contributed by atoms with Gasteiger partial charge in [0.1, 0.15) is 0 Å². The Labute approximate surface area is 106 Å². The molecule has 0 saturated carbocycles. The van der Waals surface area contributed by atoms with E-state index >= 15 is 0 Å². The van der Waals surface area contributed by atoms with Gasteiger partial charge < -0.3 is 4.90 Å². The van der Waals surface area contributed by atoms with Crippen molar-refractivity contribution in [2.24, 2.45) is 0 Å². The van der Waals surface area contributed by atoms with E-state index < -0.39 is 8.74 Å². The predicted molar refractivity (Wildman–Crippen MR) is 77.7 cm³/mol. The summed E-state index contributed by atoms with van der Waals surface area (Å²) in [6.07, 6.45) is 0. The van der Waals surface area contributed by atoms with Gasteiger partial charge >= 0.3 is 0 Å². The maximum absolute atomic E-state index is 11.9. The fraction of sp³-hybridized carbons (Fsp3) is 0.154. The van der Waals surface area contributed by atoms with Gasteiger partial charge in [0.05, 0.1) is 13.6 Å². The van der Waals surface area contributed by atoms with E-state index in [1.54, 1.807) is 6.07 Å². The smallest absolute Gasteiger partial charge is 0.0766 e. The molecular formula is C13H14ClNOS. The average molecular weight is 268 g/mol. The van der Waals surface area contributed by atoms with Gasteiger partial charge in [-0.1, -0.05) is 24.3 Å². The summed E-state index contributed by atoms with van der Waals surface area (Å²) >= 11 is 0. The quantitative estimate of drug-likeness (QED) is 0.615. The lowest BCUT2D eigenvalue weighted by atomic mass is 10.1. The molecule has 2 aromatic carbocycles. The lowest BCUT2D eigenvalue weighted by molar-refractivity contribution is 0.690. The first-order valence-corrected chi connectivity index (χ1v) is 7.72. The van der Waals surface area contributed by atoms with Crippen LogP contribution in [-0.4, -0.2) is 24.2 Å². The summed E-state index contributed by atoms with van der Waals surface area (Å²) in [7, 11) is 7.11. The molecule has 0 saturated heterocycles. The number of hydrogen-bond acceptors (Lipinski definition) is 2. The molecular weight excluding hydrogens is 254 g/mol. The number of rotatable bonds is 2. The Morgan fingerprint density at radius 1 is 1.12 bits per heavy atom. The predicted octanol–water partition coefficient (Wildman–Crippen LogP) is 3.13. The van der Waals surface area contributed by atoms with Crippen molar-refractivity contribution in [1.82, 2.24) is 0 Å². The monoisotopic (exact) mass is 267 g/mol. The molecule has 2 aromatic rings. The van der Waals surface area contributed by atoms with Gasteiger partial charge in [-0.3, -0.25) is 0 Å². The first-order valence-electron chi connectivity index (χ1n) is 5.17. The third-order valence-electron chi connectivity index (χ3n) is 2.67. The number of fused-ring (bicyclic) bond motifs is 1. The minimum absolute atomic E-state index is 0.598. The first-order chi connectivity index (χ1) is 7.91. The van der Waals surface area contributed by atoms with Gasteiger partial charge in [0.2, 0.25) is 0 Å². The van der Waals surface area contributed by atoms with E-state index in [2.05, 4.69) is 5.87 Å². The molecule has 2 nitrogen and oxygen atoms in total. The van der Waals surface area contributed by atoms with E-state index in [9.17, 15) is 4.21 Å². The average Bonchev–Trinajstić information content (AvgIpc) is 2.26. The maximum Gasteiger partial charge on any atom is 0.0766 e. The summed E-state index contributed by atoms with van der Waals surface area (Å²) in [6.45, 7) is 0. The lowest BCUT2D eigenvalue weighted by Gasteiger charge is -2.16. The minimum atomic E-state index is -2.72. The Bertz CT molecular complexity index is 662. The van der Waals surface area contributed by atoms with Crippen molar-refractivity contribution in [3.8, 4) is 0 Å². The van der Waals surface area contributed by atoms with Gasteiger partial charge in [0.25, 0.3) is 0 Å². The topological polar surface area (TPSA) is 20.3 Å². The standard InChI is InChI=1S/C13H14ClNOS/c1-15(2)12-8-4-7-11-10(12)6-5-9-13(11)17(3,14)16/h4-9H,3H2,1-2H3. The molecule has 0 aliphatic heterocycles. The Morgan fingerprint density at radius 2 is 1.71 bits per heavy atom. The highest BCUT2D eigenvalue weighted by Crippen LogP contribution is 2.31. The van der Waals surface area contributed by atoms with Crippen molar-refractivity contribution in [2.45, 2.75) is 4.90 Å². The summed E-state index contributed by atoms with van der Waals surface area (Å²) in [4.78, 5) is 2.62. The second kappa shape index (κ2) is 4.24. The molecule has 0 bridgehead atoms. The SMILES string of the molecule is C=S(=O)(Cl)c1cccc2c(N(C)C)cccc12. The first kappa shape index (κ1) is 12.3. The van der Waals surface area contributed by atoms with Crippen LogP contribution in [0.2, 0.25) is 0 Å². The van der Waals surface area contributed by atoms with Crippen LogP contribution < -0.4 is 4.90 Å². The Balaban J connectivity index is 2.89. The number of benzene rings is 2. The van der Waals surface area contributed by atoms with Gasteiger partial charge in [0.15, 0.2) is 0 Å². The highest BCUT2D eigenvalue weighted by molar-refractivity contribution is 8.21. The molecule has 90 valence electrons. The van der Waals surface area contributed by atoms with Crippen LogP contribution in [0.15, 0.2) is 41.3 Å². The van der Waals surface area contributed by atoms with Gasteiger partial charge in [-0.05, 0) is 28.7 Å². The Hall–Kier alpha value is -1.19. The lowest BCUT2D eigenvalue weighted by Crippen LogP contribution is -2.09. The van der Waals surface area contributed by atoms with Gasteiger partial charge in [-0.2, -0.15) is 0 Å². The highest BCUT2D eigenvalue weighted by Gasteiger charge is 2.11. The van der Waals surface area contributed by atoms with Crippen molar-refractivity contribution in [3.05, 3.63) is 36.4 Å². The van der Waals surface area contributed by atoms with Crippen LogP contribution in [0.4, 0.5) is 5.69 Å². The molecule has 0 heterocycles. The van der Waals surface area contributed by atoms with Crippen LogP contribution in [-0.2, 0) is 8.74 Å². The molecule has 1 atom stereocenters. The normalized spacial score (nSPS) is 14.5. The zero-order valence-corrected chi connectivity index (χ0v) is 11.4. The van der Waals surface area contributed by atoms with E-state index in [4.69, 9.17) is 10.7 Å². The van der Waals surface area contributed by atoms with Crippen LogP contribution in [0, 0.1) is 0 Å². The zero-order chi connectivity index (χ0) is 12.6. The van der Waals surface area contributed by atoms with Gasteiger partial charge in [0, 0.05) is 30.6 Å². The molecule has 0 aliphatic rings. The van der Waals surface area contributed by atoms with Crippen molar-refractivity contribution in [3.63, 3.8) is 0 Å². The number of hydrogen-bond donors (Lipinski definition) is 0. The zero-order valence-electron chi connectivity index (χ0n) is 9.81. The van der Waals surface area contributed by atoms with Crippen LogP contribution in [0.1, 0.15) is 0 Å². The fourth-order valence-electron chi connectivity index (χ4n) is 1.92. The molecule has 0 radical (unpaired) electrons. The maximum atomic E-state index is 11.9. The van der Waals surface area contributed by atoms with Crippen LogP contribution in [0.25, 0.3) is 10.8 Å². The fourth-order valence-corrected chi connectivity index (χ4v) is 3.11. The number of halogens is 1. The largest absolute Gasteiger partial charge is 0.377 e. The number of nitrogens with zero attached hydrogens (tertiary/aromatic N) is 1. The summed E-state index contributed by atoms with van der Waals surface area (Å²) < 4.78 is 11.9. The second-order valence-corrected chi connectivity index (χ2v) is 7.24. The summed E-state index contributed by atoms with van der Waals surface area (Å²) in [6, 6.07) is 11.5. The molecule has 4 heteroatoms. The highest BCUT2D eigenvalue weighted by atomic mass is 35.7. The Morgan fingerprint density at radius 3 is 2.29 bits per heavy atom. The Kier molecular flexibility index (Phi) is 3.06.